The Kier molecular flexibility index (Phi) is 5.89. The summed E-state index contributed by atoms with van der Waals surface area (Å²) < 4.78 is 5.89. The first-order valence-electron chi connectivity index (χ1n) is 11.0. The molecular formula is C25H30Cl2N2O2. The van der Waals surface area contributed by atoms with Crippen molar-refractivity contribution in [2.75, 3.05) is 0 Å². The second-order valence-electron chi connectivity index (χ2n) is 9.21. The van der Waals surface area contributed by atoms with E-state index in [0.717, 1.165) is 24.0 Å². The molecule has 2 saturated heterocycles. The molecule has 4 nitrogen and oxygen atoms in total. The number of nitrogens with zero attached hydrogens (tertiary/aromatic N) is 1. The molecule has 31 heavy (non-hydrogen) atoms. The SMILES string of the molecule is CCC(CC)C1N2C(C(=O)OC2(C)C)C(c2cccc(Cl)c2)C1(N)c1ccc(Cl)cc1. The molecular weight excluding hydrogens is 431 g/mol. The number of halogens is 2. The van der Waals surface area contributed by atoms with Gasteiger partial charge in [0, 0.05) is 22.0 Å². The molecule has 0 aliphatic carbocycles. The zero-order valence-corrected chi connectivity index (χ0v) is 20.0. The lowest BCUT2D eigenvalue weighted by Gasteiger charge is -2.45. The third kappa shape index (κ3) is 3.48. The Bertz CT molecular complexity index is 974. The Morgan fingerprint density at radius 3 is 2.29 bits per heavy atom. The molecule has 4 atom stereocenters. The molecule has 166 valence electrons. The Morgan fingerprint density at radius 2 is 1.71 bits per heavy atom. The van der Waals surface area contributed by atoms with E-state index in [1.54, 1.807) is 0 Å². The molecule has 4 rings (SSSR count). The maximum atomic E-state index is 13.3. The van der Waals surface area contributed by atoms with Crippen LogP contribution in [0.2, 0.25) is 10.0 Å². The third-order valence-electron chi connectivity index (χ3n) is 7.18. The summed E-state index contributed by atoms with van der Waals surface area (Å²) in [7, 11) is 0. The topological polar surface area (TPSA) is 55.6 Å². The normalized spacial score (nSPS) is 29.9. The molecule has 2 aromatic carbocycles. The molecule has 2 aliphatic rings. The van der Waals surface area contributed by atoms with Gasteiger partial charge in [-0.05, 0) is 55.2 Å². The van der Waals surface area contributed by atoms with Crippen molar-refractivity contribution in [3.63, 3.8) is 0 Å². The minimum Gasteiger partial charge on any atom is -0.443 e. The van der Waals surface area contributed by atoms with Gasteiger partial charge in [0.1, 0.15) is 6.04 Å². The molecule has 2 heterocycles. The van der Waals surface area contributed by atoms with Crippen molar-refractivity contribution in [2.45, 2.75) is 69.8 Å². The summed E-state index contributed by atoms with van der Waals surface area (Å²) >= 11 is 12.6. The van der Waals surface area contributed by atoms with Gasteiger partial charge in [-0.15, -0.1) is 0 Å². The number of hydrogen-bond donors (Lipinski definition) is 1. The van der Waals surface area contributed by atoms with Crippen molar-refractivity contribution in [2.24, 2.45) is 11.7 Å². The number of benzene rings is 2. The minimum atomic E-state index is -0.826. The van der Waals surface area contributed by atoms with Crippen LogP contribution in [-0.4, -0.2) is 28.7 Å². The number of nitrogens with two attached hydrogens (primary N) is 1. The summed E-state index contributed by atoms with van der Waals surface area (Å²) in [4.78, 5) is 15.5. The van der Waals surface area contributed by atoms with Crippen molar-refractivity contribution >= 4 is 29.2 Å². The van der Waals surface area contributed by atoms with Gasteiger partial charge in [-0.25, -0.2) is 4.90 Å². The highest BCUT2D eigenvalue weighted by Crippen LogP contribution is 2.57. The number of esters is 1. The number of fused-ring (bicyclic) bond motifs is 1. The summed E-state index contributed by atoms with van der Waals surface area (Å²) in [6.07, 6.45) is 1.90. The van der Waals surface area contributed by atoms with Gasteiger partial charge in [0.15, 0.2) is 5.72 Å². The van der Waals surface area contributed by atoms with Crippen molar-refractivity contribution < 1.29 is 9.53 Å². The molecule has 0 spiro atoms. The highest BCUT2D eigenvalue weighted by Gasteiger charge is 2.69. The fourth-order valence-electron chi connectivity index (χ4n) is 5.89. The van der Waals surface area contributed by atoms with E-state index in [0.29, 0.717) is 10.0 Å². The maximum Gasteiger partial charge on any atom is 0.325 e. The van der Waals surface area contributed by atoms with Crippen LogP contribution in [0.15, 0.2) is 48.5 Å². The van der Waals surface area contributed by atoms with Crippen molar-refractivity contribution in [3.05, 3.63) is 69.7 Å². The molecule has 0 bridgehead atoms. The number of ether oxygens (including phenoxy) is 1. The van der Waals surface area contributed by atoms with E-state index < -0.39 is 17.3 Å². The first kappa shape index (κ1) is 22.6. The van der Waals surface area contributed by atoms with Gasteiger partial charge in [0.2, 0.25) is 0 Å². The average Bonchev–Trinajstić information content (AvgIpc) is 3.13. The predicted molar refractivity (Wildman–Crippen MR) is 125 cm³/mol. The summed E-state index contributed by atoms with van der Waals surface area (Å²) in [5.41, 5.74) is 7.83. The Balaban J connectivity index is 2.02. The molecule has 2 aromatic rings. The summed E-state index contributed by atoms with van der Waals surface area (Å²) in [5, 5.41) is 1.28. The van der Waals surface area contributed by atoms with Crippen LogP contribution in [0.5, 0.6) is 0 Å². The number of cyclic esters (lactones) is 1. The Labute approximate surface area is 194 Å². The van der Waals surface area contributed by atoms with E-state index >= 15 is 0 Å². The van der Waals surface area contributed by atoms with Crippen LogP contribution in [0, 0.1) is 5.92 Å². The first-order valence-corrected chi connectivity index (χ1v) is 11.7. The summed E-state index contributed by atoms with van der Waals surface area (Å²) in [5.74, 6) is -0.263. The van der Waals surface area contributed by atoms with Gasteiger partial charge in [-0.3, -0.25) is 4.79 Å². The molecule has 4 unspecified atom stereocenters. The van der Waals surface area contributed by atoms with Crippen molar-refractivity contribution in [1.82, 2.24) is 4.90 Å². The van der Waals surface area contributed by atoms with Gasteiger partial charge in [-0.2, -0.15) is 0 Å². The maximum absolute atomic E-state index is 13.3. The quantitative estimate of drug-likeness (QED) is 0.580. The first-order chi connectivity index (χ1) is 14.6. The molecule has 0 aromatic heterocycles. The number of hydrogen-bond acceptors (Lipinski definition) is 4. The average molecular weight is 461 g/mol. The van der Waals surface area contributed by atoms with Crippen molar-refractivity contribution in [3.8, 4) is 0 Å². The molecule has 6 heteroatoms. The van der Waals surface area contributed by atoms with E-state index in [1.165, 1.54) is 0 Å². The smallest absolute Gasteiger partial charge is 0.325 e. The predicted octanol–water partition coefficient (Wildman–Crippen LogP) is 5.71. The zero-order valence-electron chi connectivity index (χ0n) is 18.4. The van der Waals surface area contributed by atoms with Crippen LogP contribution in [-0.2, 0) is 15.1 Å². The standard InChI is InChI=1S/C25H30Cl2N2O2/c1-5-15(6-2)22-25(28,17-10-12-18(26)13-11-17)20(16-8-7-9-19(27)14-16)21-23(30)31-24(3,4)29(21)22/h7-15,20-22H,5-6,28H2,1-4H3. The monoisotopic (exact) mass is 460 g/mol. The lowest BCUT2D eigenvalue weighted by molar-refractivity contribution is -0.153. The minimum absolute atomic E-state index is 0.0980. The lowest BCUT2D eigenvalue weighted by Crippen LogP contribution is -2.58. The highest BCUT2D eigenvalue weighted by molar-refractivity contribution is 6.30. The Morgan fingerprint density at radius 1 is 1.06 bits per heavy atom. The third-order valence-corrected chi connectivity index (χ3v) is 7.67. The molecule has 2 fully saturated rings. The van der Waals surface area contributed by atoms with E-state index in [1.807, 2.05) is 62.4 Å². The molecule has 0 saturated carbocycles. The molecule has 2 N–H and O–H groups in total. The van der Waals surface area contributed by atoms with E-state index in [9.17, 15) is 4.79 Å². The highest BCUT2D eigenvalue weighted by atomic mass is 35.5. The van der Waals surface area contributed by atoms with Crippen LogP contribution in [0.3, 0.4) is 0 Å². The van der Waals surface area contributed by atoms with E-state index in [2.05, 4.69) is 18.7 Å². The van der Waals surface area contributed by atoms with Crippen LogP contribution in [0.25, 0.3) is 0 Å². The number of carbonyl (C=O) groups excluding carboxylic acids is 1. The molecule has 0 amide bonds. The van der Waals surface area contributed by atoms with Gasteiger partial charge >= 0.3 is 5.97 Å². The van der Waals surface area contributed by atoms with E-state index in [-0.39, 0.29) is 23.8 Å². The van der Waals surface area contributed by atoms with Gasteiger partial charge in [-0.1, -0.05) is 74.2 Å². The zero-order chi connectivity index (χ0) is 22.6. The van der Waals surface area contributed by atoms with Crippen molar-refractivity contribution in [1.29, 1.82) is 0 Å². The van der Waals surface area contributed by atoms with Gasteiger partial charge in [0.25, 0.3) is 0 Å². The Hall–Kier alpha value is -1.59. The van der Waals surface area contributed by atoms with Crippen LogP contribution in [0.1, 0.15) is 57.6 Å². The fourth-order valence-corrected chi connectivity index (χ4v) is 6.21. The lowest BCUT2D eigenvalue weighted by atomic mass is 9.68. The largest absolute Gasteiger partial charge is 0.443 e. The second kappa shape index (κ2) is 8.08. The van der Waals surface area contributed by atoms with E-state index in [4.69, 9.17) is 33.7 Å². The van der Waals surface area contributed by atoms with Gasteiger partial charge in [0.05, 0.1) is 5.54 Å². The van der Waals surface area contributed by atoms with Crippen LogP contribution >= 0.6 is 23.2 Å². The fraction of sp³-hybridized carbons (Fsp3) is 0.480. The summed E-state index contributed by atoms with van der Waals surface area (Å²) in [6.45, 7) is 8.29. The van der Waals surface area contributed by atoms with Crippen LogP contribution in [0.4, 0.5) is 0 Å². The summed E-state index contributed by atoms with van der Waals surface area (Å²) in [6, 6.07) is 14.9. The van der Waals surface area contributed by atoms with Gasteiger partial charge < -0.3 is 10.5 Å². The molecule has 0 radical (unpaired) electrons. The second-order valence-corrected chi connectivity index (χ2v) is 10.1. The number of carbonyl (C=O) groups is 1. The molecule has 2 aliphatic heterocycles. The van der Waals surface area contributed by atoms with Crippen LogP contribution < -0.4 is 5.73 Å². The number of rotatable bonds is 5.